The van der Waals surface area contributed by atoms with E-state index < -0.39 is 10.0 Å². The summed E-state index contributed by atoms with van der Waals surface area (Å²) in [4.78, 5) is 0.393. The topological polar surface area (TPSA) is 72.2 Å². The Bertz CT molecular complexity index is 534. The summed E-state index contributed by atoms with van der Waals surface area (Å²) in [5.74, 6) is 0. The zero-order valence-corrected chi connectivity index (χ0v) is 12.2. The van der Waals surface area contributed by atoms with Crippen molar-refractivity contribution in [1.29, 1.82) is 0 Å². The Balaban J connectivity index is 2.32. The zero-order chi connectivity index (χ0) is 13.9. The van der Waals surface area contributed by atoms with E-state index in [0.29, 0.717) is 17.9 Å². The van der Waals surface area contributed by atoms with Crippen LogP contribution in [0.25, 0.3) is 0 Å². The molecule has 106 valence electrons. The Hall–Kier alpha value is -0.910. The fourth-order valence-corrected chi connectivity index (χ4v) is 4.26. The van der Waals surface area contributed by atoms with Gasteiger partial charge in [0.2, 0.25) is 10.0 Å². The molecule has 4 nitrogen and oxygen atoms in total. The van der Waals surface area contributed by atoms with Crippen molar-refractivity contribution in [3.05, 3.63) is 29.3 Å². The fraction of sp³-hybridized carbons (Fsp3) is 0.571. The van der Waals surface area contributed by atoms with Crippen LogP contribution in [-0.4, -0.2) is 14.5 Å². The van der Waals surface area contributed by atoms with Crippen LogP contribution in [0.4, 0.5) is 0 Å². The molecule has 5 heteroatoms. The van der Waals surface area contributed by atoms with Crippen molar-refractivity contribution in [1.82, 2.24) is 4.72 Å². The van der Waals surface area contributed by atoms with Gasteiger partial charge >= 0.3 is 0 Å². The predicted octanol–water partition coefficient (Wildman–Crippen LogP) is 1.93. The summed E-state index contributed by atoms with van der Waals surface area (Å²) >= 11 is 0. The minimum absolute atomic E-state index is 0.0937. The summed E-state index contributed by atoms with van der Waals surface area (Å²) in [7, 11) is -3.42. The van der Waals surface area contributed by atoms with Gasteiger partial charge in [-0.3, -0.25) is 0 Å². The number of aryl methyl sites for hydroxylation is 1. The van der Waals surface area contributed by atoms with E-state index in [1.54, 1.807) is 6.07 Å². The lowest BCUT2D eigenvalue weighted by molar-refractivity contribution is 0.551. The van der Waals surface area contributed by atoms with Crippen LogP contribution in [0.5, 0.6) is 0 Å². The van der Waals surface area contributed by atoms with Gasteiger partial charge in [0.25, 0.3) is 0 Å². The van der Waals surface area contributed by atoms with E-state index in [4.69, 9.17) is 5.73 Å². The Labute approximate surface area is 115 Å². The number of sulfonamides is 1. The Morgan fingerprint density at radius 1 is 1.32 bits per heavy atom. The average Bonchev–Trinajstić information content (AvgIpc) is 2.90. The highest BCUT2D eigenvalue weighted by molar-refractivity contribution is 7.89. The maximum atomic E-state index is 12.5. The van der Waals surface area contributed by atoms with Gasteiger partial charge < -0.3 is 5.73 Å². The average molecular weight is 282 g/mol. The molecule has 0 aromatic heterocycles. The lowest BCUT2D eigenvalue weighted by Crippen LogP contribution is -2.33. The molecule has 0 heterocycles. The molecule has 0 amide bonds. The second-order valence-corrected chi connectivity index (χ2v) is 6.78. The standard InChI is InChI=1S/C14H22N2O2S/c1-2-12-8-7-11(10-15)9-14(12)19(17,18)16-13-5-3-4-6-13/h7-9,13,16H,2-6,10,15H2,1H3. The summed E-state index contributed by atoms with van der Waals surface area (Å²) in [6.45, 7) is 2.32. The molecule has 0 unspecified atom stereocenters. The third-order valence-electron chi connectivity index (χ3n) is 3.71. The van der Waals surface area contributed by atoms with Gasteiger partial charge in [0.05, 0.1) is 4.90 Å². The van der Waals surface area contributed by atoms with Crippen molar-refractivity contribution in [3.8, 4) is 0 Å². The van der Waals surface area contributed by atoms with Crippen molar-refractivity contribution in [2.24, 2.45) is 5.73 Å². The van der Waals surface area contributed by atoms with E-state index in [1.165, 1.54) is 0 Å². The van der Waals surface area contributed by atoms with Gasteiger partial charge in [-0.25, -0.2) is 13.1 Å². The highest BCUT2D eigenvalue weighted by Gasteiger charge is 2.24. The van der Waals surface area contributed by atoms with E-state index >= 15 is 0 Å². The van der Waals surface area contributed by atoms with Crippen molar-refractivity contribution in [3.63, 3.8) is 0 Å². The number of hydrogen-bond acceptors (Lipinski definition) is 3. The molecule has 0 bridgehead atoms. The monoisotopic (exact) mass is 282 g/mol. The number of rotatable bonds is 5. The molecule has 0 radical (unpaired) electrons. The first kappa shape index (κ1) is 14.5. The normalized spacial score (nSPS) is 16.9. The molecule has 0 spiro atoms. The summed E-state index contributed by atoms with van der Waals surface area (Å²) in [5.41, 5.74) is 7.30. The van der Waals surface area contributed by atoms with E-state index in [1.807, 2.05) is 19.1 Å². The molecular weight excluding hydrogens is 260 g/mol. The highest BCUT2D eigenvalue weighted by Crippen LogP contribution is 2.23. The third kappa shape index (κ3) is 3.35. The molecule has 19 heavy (non-hydrogen) atoms. The maximum Gasteiger partial charge on any atom is 0.241 e. The number of hydrogen-bond donors (Lipinski definition) is 2. The quantitative estimate of drug-likeness (QED) is 0.866. The van der Waals surface area contributed by atoms with Crippen molar-refractivity contribution >= 4 is 10.0 Å². The van der Waals surface area contributed by atoms with Crippen molar-refractivity contribution < 1.29 is 8.42 Å². The number of nitrogens with two attached hydrogens (primary N) is 1. The van der Waals surface area contributed by atoms with Crippen LogP contribution in [-0.2, 0) is 23.0 Å². The Morgan fingerprint density at radius 3 is 2.58 bits per heavy atom. The summed E-state index contributed by atoms with van der Waals surface area (Å²) in [6, 6.07) is 5.56. The van der Waals surface area contributed by atoms with Crippen LogP contribution < -0.4 is 10.5 Å². The Kier molecular flexibility index (Phi) is 4.60. The van der Waals surface area contributed by atoms with Gasteiger partial charge in [0.1, 0.15) is 0 Å². The number of benzene rings is 1. The summed E-state index contributed by atoms with van der Waals surface area (Å²) in [6.07, 6.45) is 4.80. The first-order chi connectivity index (χ1) is 9.06. The molecule has 0 atom stereocenters. The molecule has 0 aliphatic heterocycles. The van der Waals surface area contributed by atoms with E-state index in [9.17, 15) is 8.42 Å². The van der Waals surface area contributed by atoms with E-state index in [2.05, 4.69) is 4.72 Å². The van der Waals surface area contributed by atoms with Crippen LogP contribution in [0.2, 0.25) is 0 Å². The third-order valence-corrected chi connectivity index (χ3v) is 5.32. The molecule has 1 aromatic carbocycles. The SMILES string of the molecule is CCc1ccc(CN)cc1S(=O)(=O)NC1CCCC1. The highest BCUT2D eigenvalue weighted by atomic mass is 32.2. The van der Waals surface area contributed by atoms with Crippen LogP contribution in [0.15, 0.2) is 23.1 Å². The van der Waals surface area contributed by atoms with Gasteiger partial charge in [0, 0.05) is 12.6 Å². The van der Waals surface area contributed by atoms with E-state index in [-0.39, 0.29) is 6.04 Å². The first-order valence-corrected chi connectivity index (χ1v) is 8.39. The van der Waals surface area contributed by atoms with Crippen LogP contribution in [0.3, 0.4) is 0 Å². The van der Waals surface area contributed by atoms with Crippen molar-refractivity contribution in [2.45, 2.75) is 56.5 Å². The molecule has 1 aliphatic carbocycles. The van der Waals surface area contributed by atoms with Gasteiger partial charge in [0.15, 0.2) is 0 Å². The smallest absolute Gasteiger partial charge is 0.241 e. The predicted molar refractivity (Wildman–Crippen MR) is 76.3 cm³/mol. The lowest BCUT2D eigenvalue weighted by Gasteiger charge is -2.15. The molecule has 1 aliphatic rings. The minimum Gasteiger partial charge on any atom is -0.326 e. The largest absolute Gasteiger partial charge is 0.326 e. The van der Waals surface area contributed by atoms with E-state index in [0.717, 1.165) is 36.8 Å². The summed E-state index contributed by atoms with van der Waals surface area (Å²) in [5, 5.41) is 0. The van der Waals surface area contributed by atoms with Crippen LogP contribution in [0, 0.1) is 0 Å². The molecule has 1 saturated carbocycles. The second kappa shape index (κ2) is 6.03. The molecule has 3 N–H and O–H groups in total. The molecule has 1 aromatic rings. The van der Waals surface area contributed by atoms with Crippen molar-refractivity contribution in [2.75, 3.05) is 0 Å². The minimum atomic E-state index is -3.42. The Morgan fingerprint density at radius 2 is 2.00 bits per heavy atom. The van der Waals surface area contributed by atoms with Gasteiger partial charge in [-0.2, -0.15) is 0 Å². The molecule has 0 saturated heterocycles. The molecule has 1 fully saturated rings. The van der Waals surface area contributed by atoms with Gasteiger partial charge in [-0.05, 0) is 36.5 Å². The van der Waals surface area contributed by atoms with Gasteiger partial charge in [-0.15, -0.1) is 0 Å². The second-order valence-electron chi connectivity index (χ2n) is 5.10. The number of nitrogens with one attached hydrogen (secondary N) is 1. The fourth-order valence-electron chi connectivity index (χ4n) is 2.59. The van der Waals surface area contributed by atoms with Crippen LogP contribution >= 0.6 is 0 Å². The maximum absolute atomic E-state index is 12.5. The van der Waals surface area contributed by atoms with Crippen LogP contribution in [0.1, 0.15) is 43.7 Å². The molecule has 2 rings (SSSR count). The summed E-state index contributed by atoms with van der Waals surface area (Å²) < 4.78 is 27.8. The van der Waals surface area contributed by atoms with Gasteiger partial charge in [-0.1, -0.05) is 31.9 Å². The first-order valence-electron chi connectivity index (χ1n) is 6.91. The zero-order valence-electron chi connectivity index (χ0n) is 11.4. The molecular formula is C14H22N2O2S. The lowest BCUT2D eigenvalue weighted by atomic mass is 10.1.